The van der Waals surface area contributed by atoms with E-state index in [0.717, 1.165) is 22.3 Å². The van der Waals surface area contributed by atoms with E-state index < -0.39 is 11.8 Å². The minimum Gasteiger partial charge on any atom is -0.274 e. The van der Waals surface area contributed by atoms with Crippen molar-refractivity contribution in [1.82, 2.24) is 0 Å². The fourth-order valence-electron chi connectivity index (χ4n) is 5.71. The average Bonchev–Trinajstić information content (AvgIpc) is 3.47. The van der Waals surface area contributed by atoms with Crippen molar-refractivity contribution in [3.8, 4) is 0 Å². The number of nitrogens with zero attached hydrogens (tertiary/aromatic N) is 1. The Morgan fingerprint density at radius 3 is 1.70 bits per heavy atom. The fraction of sp³-hybridized carbons (Fsp3) is 0.143. The zero-order chi connectivity index (χ0) is 22.7. The second kappa shape index (κ2) is 7.72. The smallest absolute Gasteiger partial charge is 0.238 e. The standard InChI is InChI=1S/C28H19Cl2NO2/c29-20-12-7-13-21(26(20)30)31-27(32)24-18-14-15-19(25(24)28(31)33)23(18)22(16-8-3-1-4-9-16)17-10-5-2-6-11-17/h1-15,18-19,24-25H/t18-,19-,24+,25+/m0/s1. The van der Waals surface area contributed by atoms with Crippen molar-refractivity contribution in [3.63, 3.8) is 0 Å². The van der Waals surface area contributed by atoms with E-state index in [1.54, 1.807) is 18.2 Å². The van der Waals surface area contributed by atoms with Crippen LogP contribution in [0.25, 0.3) is 5.57 Å². The lowest BCUT2D eigenvalue weighted by Crippen LogP contribution is -2.33. The van der Waals surface area contributed by atoms with Crippen LogP contribution >= 0.6 is 23.2 Å². The number of imide groups is 1. The first-order valence-electron chi connectivity index (χ1n) is 10.9. The highest BCUT2D eigenvalue weighted by atomic mass is 35.5. The van der Waals surface area contributed by atoms with E-state index in [2.05, 4.69) is 36.4 Å². The minimum atomic E-state index is -0.431. The molecule has 1 saturated carbocycles. The highest BCUT2D eigenvalue weighted by Crippen LogP contribution is 2.59. The molecule has 5 heteroatoms. The number of hydrogen-bond donors (Lipinski definition) is 0. The molecule has 162 valence electrons. The Hall–Kier alpha value is -3.14. The van der Waals surface area contributed by atoms with Crippen molar-refractivity contribution in [2.75, 3.05) is 4.90 Å². The number of fused-ring (bicyclic) bond motifs is 5. The summed E-state index contributed by atoms with van der Waals surface area (Å²) in [4.78, 5) is 28.5. The normalized spacial score (nSPS) is 25.2. The van der Waals surface area contributed by atoms with Crippen LogP contribution < -0.4 is 4.90 Å². The topological polar surface area (TPSA) is 37.4 Å². The lowest BCUT2D eigenvalue weighted by Gasteiger charge is -2.22. The number of carbonyl (C=O) groups excluding carboxylic acids is 2. The van der Waals surface area contributed by atoms with Gasteiger partial charge in [0.1, 0.15) is 0 Å². The number of hydrogen-bond acceptors (Lipinski definition) is 2. The Balaban J connectivity index is 1.50. The number of anilines is 1. The minimum absolute atomic E-state index is 0.130. The van der Waals surface area contributed by atoms with Crippen LogP contribution in [0.15, 0.2) is 96.6 Å². The molecule has 1 heterocycles. The lowest BCUT2D eigenvalue weighted by atomic mass is 9.85. The zero-order valence-electron chi connectivity index (χ0n) is 17.5. The van der Waals surface area contributed by atoms with Gasteiger partial charge in [-0.05, 0) is 34.4 Å². The first-order chi connectivity index (χ1) is 16.1. The summed E-state index contributed by atoms with van der Waals surface area (Å²) in [6.45, 7) is 0. The van der Waals surface area contributed by atoms with Crippen molar-refractivity contribution in [2.24, 2.45) is 23.7 Å². The fourth-order valence-corrected chi connectivity index (χ4v) is 6.09. The predicted molar refractivity (Wildman–Crippen MR) is 131 cm³/mol. The van der Waals surface area contributed by atoms with Gasteiger partial charge in [0.15, 0.2) is 0 Å². The third-order valence-corrected chi connectivity index (χ3v) is 7.81. The van der Waals surface area contributed by atoms with Crippen LogP contribution in [0.1, 0.15) is 11.1 Å². The highest BCUT2D eigenvalue weighted by molar-refractivity contribution is 6.45. The van der Waals surface area contributed by atoms with Crippen LogP contribution in [0.4, 0.5) is 5.69 Å². The zero-order valence-corrected chi connectivity index (χ0v) is 19.0. The van der Waals surface area contributed by atoms with E-state index in [4.69, 9.17) is 23.2 Å². The maximum Gasteiger partial charge on any atom is 0.238 e. The van der Waals surface area contributed by atoms with Crippen LogP contribution in [0.5, 0.6) is 0 Å². The molecule has 3 aromatic carbocycles. The molecule has 2 fully saturated rings. The van der Waals surface area contributed by atoms with Gasteiger partial charge in [0.05, 0.1) is 27.6 Å². The maximum atomic E-state index is 13.6. The summed E-state index contributed by atoms with van der Waals surface area (Å²) in [6, 6.07) is 25.4. The molecule has 2 bridgehead atoms. The molecule has 0 spiro atoms. The van der Waals surface area contributed by atoms with Crippen molar-refractivity contribution in [3.05, 3.63) is 118 Å². The Labute approximate surface area is 201 Å². The van der Waals surface area contributed by atoms with Crippen LogP contribution in [0, 0.1) is 23.7 Å². The molecule has 3 nitrogen and oxygen atoms in total. The molecule has 0 radical (unpaired) electrons. The number of allylic oxidation sites excluding steroid dienone is 3. The van der Waals surface area contributed by atoms with Gasteiger partial charge in [0, 0.05) is 11.8 Å². The van der Waals surface area contributed by atoms with Crippen LogP contribution in [-0.2, 0) is 9.59 Å². The second-order valence-corrected chi connectivity index (χ2v) is 9.42. The van der Waals surface area contributed by atoms with Gasteiger partial charge in [-0.1, -0.05) is 102 Å². The first-order valence-corrected chi connectivity index (χ1v) is 11.7. The third kappa shape index (κ3) is 2.96. The Bertz CT molecular complexity index is 1270. The molecule has 33 heavy (non-hydrogen) atoms. The summed E-state index contributed by atoms with van der Waals surface area (Å²) in [5.41, 5.74) is 4.81. The largest absolute Gasteiger partial charge is 0.274 e. The molecule has 0 unspecified atom stereocenters. The Kier molecular flexibility index (Phi) is 4.79. The predicted octanol–water partition coefficient (Wildman–Crippen LogP) is 6.42. The van der Waals surface area contributed by atoms with Crippen LogP contribution in [-0.4, -0.2) is 11.8 Å². The van der Waals surface area contributed by atoms with Crippen molar-refractivity contribution in [2.45, 2.75) is 0 Å². The lowest BCUT2D eigenvalue weighted by molar-refractivity contribution is -0.122. The van der Waals surface area contributed by atoms with E-state index in [0.29, 0.717) is 10.7 Å². The molecule has 6 rings (SSSR count). The summed E-state index contributed by atoms with van der Waals surface area (Å²) in [7, 11) is 0. The van der Waals surface area contributed by atoms with Gasteiger partial charge in [0.25, 0.3) is 0 Å². The number of benzene rings is 3. The van der Waals surface area contributed by atoms with Crippen molar-refractivity contribution < 1.29 is 9.59 Å². The Morgan fingerprint density at radius 2 is 1.18 bits per heavy atom. The van der Waals surface area contributed by atoms with Gasteiger partial charge in [-0.3, -0.25) is 9.59 Å². The molecule has 3 aliphatic rings. The maximum absolute atomic E-state index is 13.6. The van der Waals surface area contributed by atoms with Gasteiger partial charge in [-0.15, -0.1) is 0 Å². The molecule has 4 atom stereocenters. The number of amides is 2. The van der Waals surface area contributed by atoms with Gasteiger partial charge in [-0.25, -0.2) is 4.90 Å². The van der Waals surface area contributed by atoms with Gasteiger partial charge >= 0.3 is 0 Å². The van der Waals surface area contributed by atoms with Crippen molar-refractivity contribution >= 4 is 46.3 Å². The first kappa shape index (κ1) is 20.5. The van der Waals surface area contributed by atoms with Gasteiger partial charge in [-0.2, -0.15) is 0 Å². The number of rotatable bonds is 3. The average molecular weight is 472 g/mol. The van der Waals surface area contributed by atoms with E-state index in [-0.39, 0.29) is 28.7 Å². The molecule has 3 aromatic rings. The summed E-state index contributed by atoms with van der Waals surface area (Å²) < 4.78 is 0. The van der Waals surface area contributed by atoms with E-state index in [9.17, 15) is 9.59 Å². The van der Waals surface area contributed by atoms with Crippen LogP contribution in [0.2, 0.25) is 10.0 Å². The number of halogens is 2. The molecule has 1 aliphatic heterocycles. The molecular weight excluding hydrogens is 453 g/mol. The molecule has 2 aliphatic carbocycles. The summed E-state index contributed by atoms with van der Waals surface area (Å²) in [6.07, 6.45) is 4.20. The Morgan fingerprint density at radius 1 is 0.667 bits per heavy atom. The van der Waals surface area contributed by atoms with Crippen molar-refractivity contribution in [1.29, 1.82) is 0 Å². The molecule has 0 N–H and O–H groups in total. The summed E-state index contributed by atoms with van der Waals surface area (Å²) in [5, 5.41) is 0.551. The molecule has 0 aromatic heterocycles. The summed E-state index contributed by atoms with van der Waals surface area (Å²) >= 11 is 12.6. The number of carbonyl (C=O) groups is 2. The van der Waals surface area contributed by atoms with Gasteiger partial charge < -0.3 is 0 Å². The second-order valence-electron chi connectivity index (χ2n) is 8.64. The highest BCUT2D eigenvalue weighted by Gasteiger charge is 2.62. The molecule has 1 saturated heterocycles. The SMILES string of the molecule is O=C1[C@H]2[C@H](C(=O)N1c1cccc(Cl)c1Cl)[C@H]1C=C[C@H]2C1=C(c1ccccc1)c1ccccc1. The third-order valence-electron chi connectivity index (χ3n) is 7.00. The summed E-state index contributed by atoms with van der Waals surface area (Å²) in [5.74, 6) is -1.53. The van der Waals surface area contributed by atoms with E-state index in [1.807, 2.05) is 36.4 Å². The quantitative estimate of drug-likeness (QED) is 0.326. The van der Waals surface area contributed by atoms with E-state index >= 15 is 0 Å². The monoisotopic (exact) mass is 471 g/mol. The molecular formula is C28H19Cl2NO2. The van der Waals surface area contributed by atoms with Crippen LogP contribution in [0.3, 0.4) is 0 Å². The van der Waals surface area contributed by atoms with E-state index in [1.165, 1.54) is 4.90 Å². The van der Waals surface area contributed by atoms with Gasteiger partial charge in [0.2, 0.25) is 11.8 Å². The molecule has 2 amide bonds.